The number of benzene rings is 1. The summed E-state index contributed by atoms with van der Waals surface area (Å²) in [5, 5.41) is 0. The molecule has 4 rings (SSSR count). The number of rotatable bonds is 8. The molecule has 0 N–H and O–H groups in total. The molecule has 0 spiro atoms. The number of carbonyl (C=O) groups is 3. The van der Waals surface area contributed by atoms with Crippen LogP contribution in [0.4, 0.5) is 0 Å². The molecule has 1 aromatic rings. The Hall–Kier alpha value is -2.55. The van der Waals surface area contributed by atoms with Gasteiger partial charge in [-0.05, 0) is 38.7 Å². The molecule has 2 unspecified atom stereocenters. The first-order valence-corrected chi connectivity index (χ1v) is 13.1. The zero-order valence-electron chi connectivity index (χ0n) is 24.1. The van der Waals surface area contributed by atoms with E-state index in [4.69, 9.17) is 42.5 Å². The van der Waals surface area contributed by atoms with Crippen LogP contribution >= 0.6 is 0 Å². The summed E-state index contributed by atoms with van der Waals surface area (Å²) in [6, 6.07) is 7.57. The summed E-state index contributed by atoms with van der Waals surface area (Å²) < 4.78 is 51.7. The highest BCUT2D eigenvalue weighted by molar-refractivity contribution is 6.62. The van der Waals surface area contributed by atoms with Gasteiger partial charge in [-0.1, -0.05) is 24.3 Å². The second-order valence-electron chi connectivity index (χ2n) is 11.2. The molecule has 1 aromatic carbocycles. The maximum absolute atomic E-state index is 12.0. The van der Waals surface area contributed by atoms with Crippen molar-refractivity contribution in [3.05, 3.63) is 29.8 Å². The first-order chi connectivity index (χ1) is 18.6. The molecule has 13 heteroatoms. The second-order valence-corrected chi connectivity index (χ2v) is 11.2. The number of carbonyl (C=O) groups excluding carboxylic acids is 3. The summed E-state index contributed by atoms with van der Waals surface area (Å²) in [5.74, 6) is -3.50. The fraction of sp³-hybridized carbons (Fsp3) is 0.667. The summed E-state index contributed by atoms with van der Waals surface area (Å²) >= 11 is 0. The van der Waals surface area contributed by atoms with E-state index in [2.05, 4.69) is 0 Å². The van der Waals surface area contributed by atoms with Crippen LogP contribution in [0.15, 0.2) is 24.3 Å². The van der Waals surface area contributed by atoms with Gasteiger partial charge in [-0.3, -0.25) is 19.1 Å². The molecule has 3 saturated heterocycles. The predicted octanol–water partition coefficient (Wildman–Crippen LogP) is 1.74. The Bertz CT molecular complexity index is 1090. The van der Waals surface area contributed by atoms with Gasteiger partial charge < -0.3 is 37.7 Å². The van der Waals surface area contributed by atoms with E-state index in [-0.39, 0.29) is 13.0 Å². The van der Waals surface area contributed by atoms with Gasteiger partial charge in [-0.25, -0.2) is 0 Å². The summed E-state index contributed by atoms with van der Waals surface area (Å²) in [6.45, 7) is 12.1. The Morgan fingerprint density at radius 1 is 0.875 bits per heavy atom. The smallest absolute Gasteiger partial charge is 0.469 e. The van der Waals surface area contributed by atoms with Crippen LogP contribution in [-0.4, -0.2) is 80.0 Å². The van der Waals surface area contributed by atoms with E-state index >= 15 is 0 Å². The highest BCUT2D eigenvalue weighted by Crippen LogP contribution is 2.41. The maximum Gasteiger partial charge on any atom is 0.494 e. The summed E-state index contributed by atoms with van der Waals surface area (Å²) in [4.78, 5) is 35.8. The van der Waals surface area contributed by atoms with Gasteiger partial charge in [0.25, 0.3) is 5.97 Å². The third kappa shape index (κ3) is 6.50. The lowest BCUT2D eigenvalue weighted by Gasteiger charge is -2.40. The van der Waals surface area contributed by atoms with E-state index in [9.17, 15) is 14.4 Å². The molecule has 0 saturated carbocycles. The molecule has 3 aliphatic rings. The van der Waals surface area contributed by atoms with Gasteiger partial charge in [-0.15, -0.1) is 0 Å². The highest BCUT2D eigenvalue weighted by Gasteiger charge is 2.59. The lowest BCUT2D eigenvalue weighted by atomic mass is 9.79. The Balaban J connectivity index is 1.45. The second kappa shape index (κ2) is 11.4. The highest BCUT2D eigenvalue weighted by atomic mass is 16.9. The van der Waals surface area contributed by atoms with Crippen LogP contribution in [0.2, 0.25) is 0 Å². The van der Waals surface area contributed by atoms with Gasteiger partial charge in [0.2, 0.25) is 0 Å². The van der Waals surface area contributed by atoms with Crippen molar-refractivity contribution in [3.63, 3.8) is 0 Å². The molecular weight excluding hydrogens is 527 g/mol. The average molecular weight is 564 g/mol. The molecule has 3 aliphatic heterocycles. The third-order valence-electron chi connectivity index (χ3n) is 7.48. The predicted molar refractivity (Wildman–Crippen MR) is 138 cm³/mol. The monoisotopic (exact) mass is 564 g/mol. The van der Waals surface area contributed by atoms with Crippen molar-refractivity contribution in [1.82, 2.24) is 0 Å². The SMILES string of the molecule is COC(=O)CC1O[C@H]2O[C@](C)(OCc3ccc(B4OC(C)(C)C(C)(C)O4)cc3)OC2[C@@H](OC(C)=O)[C@@H]1OC(C)=O. The third-order valence-corrected chi connectivity index (χ3v) is 7.48. The van der Waals surface area contributed by atoms with Crippen molar-refractivity contribution < 1.29 is 56.9 Å². The normalized spacial score (nSPS) is 32.3. The van der Waals surface area contributed by atoms with Gasteiger partial charge >= 0.3 is 25.0 Å². The first-order valence-electron chi connectivity index (χ1n) is 13.1. The Morgan fingerprint density at radius 3 is 2.00 bits per heavy atom. The lowest BCUT2D eigenvalue weighted by molar-refractivity contribution is -0.348. The van der Waals surface area contributed by atoms with E-state index in [1.807, 2.05) is 52.0 Å². The van der Waals surface area contributed by atoms with Gasteiger partial charge in [0.1, 0.15) is 6.10 Å². The van der Waals surface area contributed by atoms with Gasteiger partial charge in [0.15, 0.2) is 24.6 Å². The number of ether oxygens (including phenoxy) is 7. The largest absolute Gasteiger partial charge is 0.494 e. The average Bonchev–Trinajstić information content (AvgIpc) is 3.31. The molecular formula is C27H37BO12. The molecule has 0 aliphatic carbocycles. The first kappa shape index (κ1) is 30.4. The molecule has 6 atom stereocenters. The molecule has 220 valence electrons. The van der Waals surface area contributed by atoms with Gasteiger partial charge in [-0.2, -0.15) is 0 Å². The summed E-state index contributed by atoms with van der Waals surface area (Å²) in [7, 11) is 0.737. The zero-order chi connectivity index (χ0) is 29.5. The maximum atomic E-state index is 12.0. The number of hydrogen-bond donors (Lipinski definition) is 0. The van der Waals surface area contributed by atoms with Crippen molar-refractivity contribution in [1.29, 1.82) is 0 Å². The molecule has 0 amide bonds. The van der Waals surface area contributed by atoms with Crippen molar-refractivity contribution in [2.24, 2.45) is 0 Å². The molecule has 0 aromatic heterocycles. The van der Waals surface area contributed by atoms with Crippen molar-refractivity contribution >= 4 is 30.5 Å². The van der Waals surface area contributed by atoms with Crippen LogP contribution in [0.1, 0.15) is 60.5 Å². The summed E-state index contributed by atoms with van der Waals surface area (Å²) in [6.07, 6.45) is -5.64. The van der Waals surface area contributed by atoms with Gasteiger partial charge in [0.05, 0.1) is 31.3 Å². The minimum absolute atomic E-state index is 0.108. The molecule has 12 nitrogen and oxygen atoms in total. The minimum Gasteiger partial charge on any atom is -0.469 e. The van der Waals surface area contributed by atoms with Crippen LogP contribution in [0.25, 0.3) is 0 Å². The Morgan fingerprint density at radius 2 is 1.45 bits per heavy atom. The van der Waals surface area contributed by atoms with E-state index in [0.29, 0.717) is 0 Å². The van der Waals surface area contributed by atoms with E-state index < -0.39 is 72.9 Å². The topological polar surface area (TPSA) is 134 Å². The number of hydrogen-bond acceptors (Lipinski definition) is 12. The lowest BCUT2D eigenvalue weighted by Crippen LogP contribution is -2.59. The fourth-order valence-corrected chi connectivity index (χ4v) is 4.69. The van der Waals surface area contributed by atoms with Gasteiger partial charge in [0, 0.05) is 20.8 Å². The minimum atomic E-state index is -1.60. The quantitative estimate of drug-likeness (QED) is 0.259. The number of methoxy groups -OCH3 is 1. The van der Waals surface area contributed by atoms with Crippen LogP contribution < -0.4 is 5.46 Å². The molecule has 0 radical (unpaired) electrons. The van der Waals surface area contributed by atoms with Crippen LogP contribution in [0.5, 0.6) is 0 Å². The van der Waals surface area contributed by atoms with E-state index in [1.165, 1.54) is 21.0 Å². The van der Waals surface area contributed by atoms with Crippen LogP contribution in [-0.2, 0) is 63.5 Å². The van der Waals surface area contributed by atoms with Crippen LogP contribution in [0.3, 0.4) is 0 Å². The molecule has 3 heterocycles. The van der Waals surface area contributed by atoms with E-state index in [0.717, 1.165) is 11.0 Å². The zero-order valence-corrected chi connectivity index (χ0v) is 24.1. The Kier molecular flexibility index (Phi) is 8.65. The van der Waals surface area contributed by atoms with Crippen LogP contribution in [0, 0.1) is 0 Å². The molecule has 40 heavy (non-hydrogen) atoms. The number of fused-ring (bicyclic) bond motifs is 1. The van der Waals surface area contributed by atoms with Crippen molar-refractivity contribution in [3.8, 4) is 0 Å². The standard InChI is InChI=1S/C27H37BO12/c1-15(29)34-21-19(13-20(31)32-8)36-24-23(22(21)35-16(2)30)37-27(7,38-24)33-14-17-9-11-18(12-10-17)28-39-25(3,4)26(5,6)40-28/h9-12,19,21-24H,13-14H2,1-8H3/t19?,21-,22+,23?,24+,27-/m1/s1. The summed E-state index contributed by atoms with van der Waals surface area (Å²) in [5.41, 5.74) is 0.803. The molecule has 3 fully saturated rings. The Labute approximate surface area is 233 Å². The number of esters is 3. The molecule has 0 bridgehead atoms. The van der Waals surface area contributed by atoms with Crippen molar-refractivity contribution in [2.75, 3.05) is 7.11 Å². The van der Waals surface area contributed by atoms with E-state index in [1.54, 1.807) is 6.92 Å². The fourth-order valence-electron chi connectivity index (χ4n) is 4.69. The van der Waals surface area contributed by atoms with Crippen molar-refractivity contribution in [2.45, 2.75) is 109 Å².